The summed E-state index contributed by atoms with van der Waals surface area (Å²) in [4.78, 5) is 12.3. The van der Waals surface area contributed by atoms with Crippen LogP contribution in [0.15, 0.2) is 0 Å². The van der Waals surface area contributed by atoms with E-state index in [0.29, 0.717) is 17.9 Å². The molecule has 3 fully saturated rings. The number of rotatable bonds is 2. The molecule has 1 saturated heterocycles. The minimum absolute atomic E-state index is 0.0288. The van der Waals surface area contributed by atoms with Gasteiger partial charge in [0, 0.05) is 5.41 Å². The summed E-state index contributed by atoms with van der Waals surface area (Å²) in [7, 11) is 0. The highest BCUT2D eigenvalue weighted by atomic mass is 16.6. The van der Waals surface area contributed by atoms with Crippen LogP contribution in [0.2, 0.25) is 0 Å². The van der Waals surface area contributed by atoms with Gasteiger partial charge in [-0.2, -0.15) is 0 Å². The van der Waals surface area contributed by atoms with Gasteiger partial charge in [-0.1, -0.05) is 20.8 Å². The highest BCUT2D eigenvalue weighted by Gasteiger charge is 2.63. The van der Waals surface area contributed by atoms with Gasteiger partial charge in [0.1, 0.15) is 6.10 Å². The Kier molecular flexibility index (Phi) is 2.97. The molecular formula is C16H26O3. The topological polar surface area (TPSA) is 35.5 Å². The highest BCUT2D eigenvalue weighted by Crippen LogP contribution is 2.66. The number of fused-ring (bicyclic) bond motifs is 2. The van der Waals surface area contributed by atoms with E-state index in [1.807, 2.05) is 6.92 Å². The lowest BCUT2D eigenvalue weighted by Gasteiger charge is -2.38. The summed E-state index contributed by atoms with van der Waals surface area (Å²) < 4.78 is 11.4. The Labute approximate surface area is 116 Å². The summed E-state index contributed by atoms with van der Waals surface area (Å²) in [5, 5.41) is 0. The van der Waals surface area contributed by atoms with E-state index in [1.54, 1.807) is 0 Å². The van der Waals surface area contributed by atoms with Gasteiger partial charge in [0.05, 0.1) is 18.6 Å². The van der Waals surface area contributed by atoms with Crippen molar-refractivity contribution in [3.8, 4) is 0 Å². The lowest BCUT2D eigenvalue weighted by Crippen LogP contribution is -2.39. The maximum atomic E-state index is 12.3. The molecular weight excluding hydrogens is 240 g/mol. The maximum absolute atomic E-state index is 12.3. The van der Waals surface area contributed by atoms with Crippen LogP contribution in [0.4, 0.5) is 0 Å². The summed E-state index contributed by atoms with van der Waals surface area (Å²) in [6.07, 6.45) is 4.67. The minimum atomic E-state index is -0.0409. The molecule has 0 aromatic rings. The zero-order valence-corrected chi connectivity index (χ0v) is 12.6. The Balaban J connectivity index is 1.67. The van der Waals surface area contributed by atoms with Crippen molar-refractivity contribution >= 4 is 5.97 Å². The van der Waals surface area contributed by atoms with Crippen LogP contribution < -0.4 is 0 Å². The van der Waals surface area contributed by atoms with Gasteiger partial charge in [0.25, 0.3) is 0 Å². The SMILES string of the molecule is CC1CC(C(=O)OC2CC3CCC2(C)C3(C)C)CO1. The molecule has 108 valence electrons. The maximum Gasteiger partial charge on any atom is 0.311 e. The quantitative estimate of drug-likeness (QED) is 0.720. The van der Waals surface area contributed by atoms with Crippen molar-refractivity contribution in [2.75, 3.05) is 6.61 Å². The third kappa shape index (κ3) is 1.84. The Hall–Kier alpha value is -0.570. The lowest BCUT2D eigenvalue weighted by atomic mass is 9.70. The van der Waals surface area contributed by atoms with E-state index >= 15 is 0 Å². The summed E-state index contributed by atoms with van der Waals surface area (Å²) in [5.41, 5.74) is 0.468. The molecule has 0 aromatic heterocycles. The molecule has 2 saturated carbocycles. The first-order chi connectivity index (χ1) is 8.84. The second-order valence-electron chi connectivity index (χ2n) is 7.61. The van der Waals surface area contributed by atoms with Gasteiger partial charge in [0.15, 0.2) is 0 Å². The van der Waals surface area contributed by atoms with Crippen molar-refractivity contribution in [2.45, 2.75) is 65.6 Å². The van der Waals surface area contributed by atoms with Gasteiger partial charge in [-0.25, -0.2) is 0 Å². The fourth-order valence-electron chi connectivity index (χ4n) is 4.53. The van der Waals surface area contributed by atoms with E-state index < -0.39 is 0 Å². The average Bonchev–Trinajstić information content (AvgIpc) is 2.91. The van der Waals surface area contributed by atoms with E-state index in [4.69, 9.17) is 9.47 Å². The van der Waals surface area contributed by atoms with Crippen molar-refractivity contribution < 1.29 is 14.3 Å². The van der Waals surface area contributed by atoms with Crippen LogP contribution in [0.25, 0.3) is 0 Å². The molecule has 0 N–H and O–H groups in total. The molecule has 5 unspecified atom stereocenters. The smallest absolute Gasteiger partial charge is 0.311 e. The predicted molar refractivity (Wildman–Crippen MR) is 72.6 cm³/mol. The standard InChI is InChI=1S/C16H26O3/c1-10-7-11(9-18-10)14(17)19-13-8-12-5-6-16(13,4)15(12,2)3/h10-13H,5-9H2,1-4H3. The molecule has 3 rings (SSSR count). The molecule has 0 aromatic carbocycles. The van der Waals surface area contributed by atoms with Gasteiger partial charge in [0.2, 0.25) is 0 Å². The van der Waals surface area contributed by atoms with Gasteiger partial charge in [-0.3, -0.25) is 4.79 Å². The summed E-state index contributed by atoms with van der Waals surface area (Å²) in [6.45, 7) is 9.57. The fraction of sp³-hybridized carbons (Fsp3) is 0.938. The van der Waals surface area contributed by atoms with Crippen molar-refractivity contribution in [1.82, 2.24) is 0 Å². The number of hydrogen-bond donors (Lipinski definition) is 0. The van der Waals surface area contributed by atoms with Crippen LogP contribution in [-0.2, 0) is 14.3 Å². The summed E-state index contributed by atoms with van der Waals surface area (Å²) in [5.74, 6) is 0.647. The Morgan fingerprint density at radius 1 is 1.26 bits per heavy atom. The van der Waals surface area contributed by atoms with Gasteiger partial charge < -0.3 is 9.47 Å². The molecule has 2 aliphatic carbocycles. The molecule has 2 bridgehead atoms. The third-order valence-corrected chi connectivity index (χ3v) is 6.50. The van der Waals surface area contributed by atoms with Gasteiger partial charge in [-0.15, -0.1) is 0 Å². The molecule has 0 radical (unpaired) electrons. The van der Waals surface area contributed by atoms with Crippen LogP contribution >= 0.6 is 0 Å². The van der Waals surface area contributed by atoms with E-state index in [2.05, 4.69) is 20.8 Å². The van der Waals surface area contributed by atoms with Crippen LogP contribution in [-0.4, -0.2) is 24.8 Å². The largest absolute Gasteiger partial charge is 0.461 e. The number of carbonyl (C=O) groups is 1. The van der Waals surface area contributed by atoms with Gasteiger partial charge in [-0.05, 0) is 43.9 Å². The van der Waals surface area contributed by atoms with Crippen molar-refractivity contribution in [1.29, 1.82) is 0 Å². The van der Waals surface area contributed by atoms with Crippen LogP contribution in [0.1, 0.15) is 53.4 Å². The minimum Gasteiger partial charge on any atom is -0.461 e. The molecule has 3 aliphatic rings. The van der Waals surface area contributed by atoms with Crippen LogP contribution in [0.5, 0.6) is 0 Å². The summed E-state index contributed by atoms with van der Waals surface area (Å²) in [6, 6.07) is 0. The zero-order valence-electron chi connectivity index (χ0n) is 12.6. The molecule has 0 spiro atoms. The second-order valence-corrected chi connectivity index (χ2v) is 7.61. The number of carbonyl (C=O) groups excluding carboxylic acids is 1. The lowest BCUT2D eigenvalue weighted by molar-refractivity contribution is -0.161. The van der Waals surface area contributed by atoms with Crippen molar-refractivity contribution in [3.05, 3.63) is 0 Å². The first kappa shape index (κ1) is 13.4. The van der Waals surface area contributed by atoms with Gasteiger partial charge >= 0.3 is 5.97 Å². The molecule has 1 heterocycles. The molecule has 19 heavy (non-hydrogen) atoms. The number of esters is 1. The molecule has 3 heteroatoms. The Morgan fingerprint density at radius 2 is 2.00 bits per heavy atom. The van der Waals surface area contributed by atoms with Crippen LogP contribution in [0.3, 0.4) is 0 Å². The van der Waals surface area contributed by atoms with E-state index in [-0.39, 0.29) is 29.5 Å². The predicted octanol–water partition coefficient (Wildman–Crippen LogP) is 3.17. The first-order valence-electron chi connectivity index (χ1n) is 7.66. The van der Waals surface area contributed by atoms with E-state index in [9.17, 15) is 4.79 Å². The average molecular weight is 266 g/mol. The van der Waals surface area contributed by atoms with E-state index in [0.717, 1.165) is 12.8 Å². The number of ether oxygens (including phenoxy) is 2. The molecule has 1 aliphatic heterocycles. The zero-order chi connectivity index (χ0) is 13.8. The second kappa shape index (κ2) is 4.21. The molecule has 3 nitrogen and oxygen atoms in total. The Bertz CT molecular complexity index is 389. The van der Waals surface area contributed by atoms with Crippen molar-refractivity contribution in [3.63, 3.8) is 0 Å². The highest BCUT2D eigenvalue weighted by molar-refractivity contribution is 5.73. The summed E-state index contributed by atoms with van der Waals surface area (Å²) >= 11 is 0. The normalized spacial score (nSPS) is 47.6. The molecule has 5 atom stereocenters. The number of hydrogen-bond acceptors (Lipinski definition) is 3. The molecule has 0 amide bonds. The Morgan fingerprint density at radius 3 is 2.47 bits per heavy atom. The van der Waals surface area contributed by atoms with Crippen LogP contribution in [0, 0.1) is 22.7 Å². The van der Waals surface area contributed by atoms with Crippen molar-refractivity contribution in [2.24, 2.45) is 22.7 Å². The van der Waals surface area contributed by atoms with E-state index in [1.165, 1.54) is 12.8 Å². The first-order valence-corrected chi connectivity index (χ1v) is 7.66. The third-order valence-electron chi connectivity index (χ3n) is 6.50. The fourth-order valence-corrected chi connectivity index (χ4v) is 4.53. The monoisotopic (exact) mass is 266 g/mol.